The molecule has 126 valence electrons. The van der Waals surface area contributed by atoms with Gasteiger partial charge in [-0.3, -0.25) is 19.1 Å². The maximum absolute atomic E-state index is 13.0. The number of carbonyl (C=O) groups is 1. The lowest BCUT2D eigenvalue weighted by atomic mass is 10.0. The Labute approximate surface area is 140 Å². The minimum absolute atomic E-state index is 0.123. The molecule has 1 N–H and O–H groups in total. The quantitative estimate of drug-likeness (QED) is 0.628. The minimum atomic E-state index is -0.549. The SMILES string of the molecule is C=CCC(C)Cn1c(C(=O)c2ccccc2)c(CC)c(=O)[nH]c1=O. The highest BCUT2D eigenvalue weighted by Crippen LogP contribution is 2.14. The number of nitrogens with one attached hydrogen (secondary N) is 1. The van der Waals surface area contributed by atoms with Gasteiger partial charge in [0.1, 0.15) is 5.69 Å². The van der Waals surface area contributed by atoms with Crippen LogP contribution in [0, 0.1) is 5.92 Å². The predicted molar refractivity (Wildman–Crippen MR) is 94.6 cm³/mol. The largest absolute Gasteiger partial charge is 0.328 e. The highest BCUT2D eigenvalue weighted by atomic mass is 16.2. The van der Waals surface area contributed by atoms with Crippen LogP contribution in [0.4, 0.5) is 0 Å². The molecule has 1 atom stereocenters. The molecule has 2 aromatic rings. The summed E-state index contributed by atoms with van der Waals surface area (Å²) < 4.78 is 1.39. The first kappa shape index (κ1) is 17.7. The Morgan fingerprint density at radius 1 is 1.29 bits per heavy atom. The molecule has 5 nitrogen and oxygen atoms in total. The van der Waals surface area contributed by atoms with Crippen LogP contribution in [0.3, 0.4) is 0 Å². The van der Waals surface area contributed by atoms with Gasteiger partial charge in [0.25, 0.3) is 5.56 Å². The number of rotatable bonds is 7. The second-order valence-electron chi connectivity index (χ2n) is 5.88. The molecule has 1 aromatic heterocycles. The summed E-state index contributed by atoms with van der Waals surface area (Å²) >= 11 is 0. The van der Waals surface area contributed by atoms with Crippen molar-refractivity contribution in [1.82, 2.24) is 9.55 Å². The predicted octanol–water partition coefficient (Wildman–Crippen LogP) is 2.54. The molecule has 0 bridgehead atoms. The summed E-state index contributed by atoms with van der Waals surface area (Å²) in [6, 6.07) is 8.70. The molecule has 0 saturated carbocycles. The van der Waals surface area contributed by atoms with Crippen LogP contribution in [-0.2, 0) is 13.0 Å². The number of aromatic nitrogens is 2. The zero-order valence-electron chi connectivity index (χ0n) is 14.0. The first-order valence-corrected chi connectivity index (χ1v) is 8.06. The Kier molecular flexibility index (Phi) is 5.68. The molecule has 0 saturated heterocycles. The van der Waals surface area contributed by atoms with Crippen molar-refractivity contribution in [3.05, 3.63) is 80.6 Å². The third kappa shape index (κ3) is 3.62. The van der Waals surface area contributed by atoms with E-state index in [2.05, 4.69) is 11.6 Å². The summed E-state index contributed by atoms with van der Waals surface area (Å²) in [4.78, 5) is 39.8. The van der Waals surface area contributed by atoms with Crippen molar-refractivity contribution in [3.8, 4) is 0 Å². The smallest absolute Gasteiger partial charge is 0.290 e. The fourth-order valence-electron chi connectivity index (χ4n) is 2.77. The molecule has 0 aliphatic heterocycles. The second-order valence-corrected chi connectivity index (χ2v) is 5.88. The molecule has 0 aliphatic carbocycles. The number of aromatic amines is 1. The molecule has 0 spiro atoms. The van der Waals surface area contributed by atoms with Crippen LogP contribution >= 0.6 is 0 Å². The number of ketones is 1. The second kappa shape index (κ2) is 7.73. The molecule has 0 fully saturated rings. The van der Waals surface area contributed by atoms with E-state index in [1.54, 1.807) is 37.3 Å². The molecule has 0 aliphatic rings. The fourth-order valence-corrected chi connectivity index (χ4v) is 2.77. The number of carbonyl (C=O) groups excluding carboxylic acids is 1. The van der Waals surface area contributed by atoms with Crippen molar-refractivity contribution >= 4 is 5.78 Å². The third-order valence-electron chi connectivity index (χ3n) is 3.96. The Balaban J connectivity index is 2.66. The van der Waals surface area contributed by atoms with E-state index in [0.717, 1.165) is 0 Å². The molecule has 1 heterocycles. The number of hydrogen-bond donors (Lipinski definition) is 1. The van der Waals surface area contributed by atoms with Crippen molar-refractivity contribution in [2.45, 2.75) is 33.2 Å². The van der Waals surface area contributed by atoms with E-state index < -0.39 is 11.2 Å². The van der Waals surface area contributed by atoms with Gasteiger partial charge in [0.15, 0.2) is 0 Å². The average Bonchev–Trinajstić information content (AvgIpc) is 2.57. The zero-order chi connectivity index (χ0) is 17.7. The van der Waals surface area contributed by atoms with Gasteiger partial charge in [-0.05, 0) is 18.8 Å². The summed E-state index contributed by atoms with van der Waals surface area (Å²) in [5.41, 5.74) is -0.0493. The van der Waals surface area contributed by atoms with Crippen molar-refractivity contribution < 1.29 is 4.79 Å². The molecule has 5 heteroatoms. The standard InChI is InChI=1S/C19H22N2O3/c1-4-9-13(3)12-21-16(15(5-2)18(23)20-19(21)24)17(22)14-10-7-6-8-11-14/h4,6-8,10-11,13H,1,5,9,12H2,2-3H3,(H,20,23,24). The van der Waals surface area contributed by atoms with Crippen LogP contribution in [0.2, 0.25) is 0 Å². The van der Waals surface area contributed by atoms with Crippen LogP contribution in [0.1, 0.15) is 41.9 Å². The van der Waals surface area contributed by atoms with E-state index in [4.69, 9.17) is 0 Å². The first-order valence-electron chi connectivity index (χ1n) is 8.06. The first-order chi connectivity index (χ1) is 11.5. The Morgan fingerprint density at radius 2 is 1.96 bits per heavy atom. The summed E-state index contributed by atoms with van der Waals surface area (Å²) in [7, 11) is 0. The summed E-state index contributed by atoms with van der Waals surface area (Å²) in [6.07, 6.45) is 2.87. The van der Waals surface area contributed by atoms with Crippen molar-refractivity contribution in [3.63, 3.8) is 0 Å². The third-order valence-corrected chi connectivity index (χ3v) is 3.96. The number of benzene rings is 1. The maximum Gasteiger partial charge on any atom is 0.328 e. The van der Waals surface area contributed by atoms with E-state index in [0.29, 0.717) is 30.5 Å². The normalized spacial score (nSPS) is 11.9. The van der Waals surface area contributed by atoms with Gasteiger partial charge in [0, 0.05) is 17.7 Å². The number of nitrogens with zero attached hydrogens (tertiary/aromatic N) is 1. The molecule has 1 aromatic carbocycles. The summed E-state index contributed by atoms with van der Waals surface area (Å²) in [6.45, 7) is 7.83. The Hall–Kier alpha value is -2.69. The Bertz CT molecular complexity index is 847. The van der Waals surface area contributed by atoms with Gasteiger partial charge >= 0.3 is 5.69 Å². The van der Waals surface area contributed by atoms with Gasteiger partial charge in [-0.15, -0.1) is 6.58 Å². The van der Waals surface area contributed by atoms with Crippen LogP contribution in [-0.4, -0.2) is 15.3 Å². The maximum atomic E-state index is 13.0. The molecular weight excluding hydrogens is 304 g/mol. The lowest BCUT2D eigenvalue weighted by Crippen LogP contribution is -2.38. The molecule has 24 heavy (non-hydrogen) atoms. The molecule has 1 unspecified atom stereocenters. The van der Waals surface area contributed by atoms with Crippen LogP contribution in [0.5, 0.6) is 0 Å². The number of hydrogen-bond acceptors (Lipinski definition) is 3. The minimum Gasteiger partial charge on any atom is -0.290 e. The molecule has 0 amide bonds. The van der Waals surface area contributed by atoms with Crippen LogP contribution in [0.15, 0.2) is 52.6 Å². The van der Waals surface area contributed by atoms with Crippen LogP contribution < -0.4 is 11.2 Å². The lowest BCUT2D eigenvalue weighted by molar-refractivity contribution is 0.102. The zero-order valence-corrected chi connectivity index (χ0v) is 14.0. The molecule has 2 rings (SSSR count). The summed E-state index contributed by atoms with van der Waals surface area (Å²) in [5, 5.41) is 0. The van der Waals surface area contributed by atoms with E-state index in [1.165, 1.54) is 4.57 Å². The van der Waals surface area contributed by atoms with Crippen LogP contribution in [0.25, 0.3) is 0 Å². The molecular formula is C19H22N2O3. The van der Waals surface area contributed by atoms with E-state index in [1.807, 2.05) is 13.0 Å². The van der Waals surface area contributed by atoms with Gasteiger partial charge < -0.3 is 0 Å². The molecule has 0 radical (unpaired) electrons. The van der Waals surface area contributed by atoms with Crippen molar-refractivity contribution in [2.24, 2.45) is 5.92 Å². The van der Waals surface area contributed by atoms with Gasteiger partial charge in [0.05, 0.1) is 0 Å². The van der Waals surface area contributed by atoms with Gasteiger partial charge in [0.2, 0.25) is 5.78 Å². The lowest BCUT2D eigenvalue weighted by Gasteiger charge is -2.17. The van der Waals surface area contributed by atoms with Crippen molar-refractivity contribution in [2.75, 3.05) is 0 Å². The van der Waals surface area contributed by atoms with Crippen molar-refractivity contribution in [1.29, 1.82) is 0 Å². The number of allylic oxidation sites excluding steroid dienone is 1. The van der Waals surface area contributed by atoms with Gasteiger partial charge in [-0.2, -0.15) is 0 Å². The van der Waals surface area contributed by atoms with E-state index in [-0.39, 0.29) is 17.4 Å². The highest BCUT2D eigenvalue weighted by molar-refractivity contribution is 6.08. The monoisotopic (exact) mass is 326 g/mol. The van der Waals surface area contributed by atoms with Gasteiger partial charge in [-0.25, -0.2) is 4.79 Å². The summed E-state index contributed by atoms with van der Waals surface area (Å²) in [5.74, 6) is -0.181. The van der Waals surface area contributed by atoms with E-state index in [9.17, 15) is 14.4 Å². The fraction of sp³-hybridized carbons (Fsp3) is 0.316. The Morgan fingerprint density at radius 3 is 2.54 bits per heavy atom. The highest BCUT2D eigenvalue weighted by Gasteiger charge is 2.22. The topological polar surface area (TPSA) is 71.9 Å². The van der Waals surface area contributed by atoms with E-state index >= 15 is 0 Å². The average molecular weight is 326 g/mol. The number of H-pyrrole nitrogens is 1. The van der Waals surface area contributed by atoms with Gasteiger partial charge in [-0.1, -0.05) is 50.3 Å².